The van der Waals surface area contributed by atoms with E-state index in [9.17, 15) is 28.8 Å². The average Bonchev–Trinajstić information content (AvgIpc) is 3.13. The standard InChI is InChI=1S/C25H46N2O6.C15H29NO6/c26-22(28)20-19-21(25(32)33)27-23(29)17-15-13-11-9-7-5-3-1-2-4-6-8-10-12-14-16-18-24(30)31;1-4-19-7-9-22-12-15(18)16-5-6-20-8-10-21-11-14(17)13(2)3/h21H,1-20H2,(H2,26,28)(H,27,29)(H,30,31)(H,32,33);13H,4-12H2,1-3H3,(H,16,18)/t21-;/m0./s1. The number of nitrogens with two attached hydrogens (primary N) is 1. The lowest BCUT2D eigenvalue weighted by molar-refractivity contribution is -0.142. The molecule has 1 atom stereocenters. The number of ether oxygens (including phenoxy) is 4. The summed E-state index contributed by atoms with van der Waals surface area (Å²) >= 11 is 0. The van der Waals surface area contributed by atoms with Gasteiger partial charge in [0.05, 0.1) is 33.0 Å². The van der Waals surface area contributed by atoms with Crippen LogP contribution in [0.1, 0.15) is 149 Å². The molecule has 0 bridgehead atoms. The number of carbonyl (C=O) groups is 6. The maximum Gasteiger partial charge on any atom is 0.326 e. The van der Waals surface area contributed by atoms with Crippen LogP contribution in [0.4, 0.5) is 0 Å². The fourth-order valence-electron chi connectivity index (χ4n) is 5.15. The van der Waals surface area contributed by atoms with Crippen LogP contribution in [0.2, 0.25) is 0 Å². The molecule has 0 saturated heterocycles. The van der Waals surface area contributed by atoms with Gasteiger partial charge in [0.15, 0.2) is 5.78 Å². The minimum atomic E-state index is -1.14. The Hall–Kier alpha value is -3.14. The first-order chi connectivity index (χ1) is 26.4. The lowest BCUT2D eigenvalue weighted by Crippen LogP contribution is -2.41. The van der Waals surface area contributed by atoms with Crippen molar-refractivity contribution in [2.24, 2.45) is 11.7 Å². The van der Waals surface area contributed by atoms with Crippen LogP contribution >= 0.6 is 0 Å². The van der Waals surface area contributed by atoms with E-state index in [1.165, 1.54) is 64.2 Å². The quantitative estimate of drug-likeness (QED) is 0.0497. The number of carboxylic acids is 2. The molecule has 0 radical (unpaired) electrons. The first-order valence-corrected chi connectivity index (χ1v) is 20.5. The molecular weight excluding hydrogens is 714 g/mol. The SMILES string of the molecule is CCOCCOCC(=O)NCCOCCOCC(=O)C(C)C.NC(=O)CC[C@H](NC(=O)CCCCCCCCCCCCCCCCCCC(=O)O)C(=O)O. The molecule has 6 N–H and O–H groups in total. The smallest absolute Gasteiger partial charge is 0.326 e. The van der Waals surface area contributed by atoms with Gasteiger partial charge in [0, 0.05) is 38.3 Å². The van der Waals surface area contributed by atoms with Gasteiger partial charge in [-0.3, -0.25) is 24.0 Å². The van der Waals surface area contributed by atoms with Crippen molar-refractivity contribution in [1.82, 2.24) is 10.6 Å². The summed E-state index contributed by atoms with van der Waals surface area (Å²) in [5.41, 5.74) is 5.03. The highest BCUT2D eigenvalue weighted by Gasteiger charge is 2.20. The predicted molar refractivity (Wildman–Crippen MR) is 211 cm³/mol. The van der Waals surface area contributed by atoms with Gasteiger partial charge in [0.2, 0.25) is 17.7 Å². The molecule has 322 valence electrons. The number of carboxylic acid groups (broad SMARTS) is 2. The first kappa shape index (κ1) is 54.0. The molecule has 0 rings (SSSR count). The van der Waals surface area contributed by atoms with E-state index in [-0.39, 0.29) is 49.6 Å². The van der Waals surface area contributed by atoms with Crippen LogP contribution in [0.15, 0.2) is 0 Å². The van der Waals surface area contributed by atoms with E-state index in [2.05, 4.69) is 10.6 Å². The second-order valence-corrected chi connectivity index (χ2v) is 13.9. The predicted octanol–water partition coefficient (Wildman–Crippen LogP) is 5.34. The number of rotatable bonds is 39. The molecular formula is C40H75N3O12. The molecule has 0 aromatic heterocycles. The van der Waals surface area contributed by atoms with Crippen molar-refractivity contribution in [3.8, 4) is 0 Å². The molecule has 0 aromatic carbocycles. The first-order valence-electron chi connectivity index (χ1n) is 20.5. The second kappa shape index (κ2) is 40.5. The summed E-state index contributed by atoms with van der Waals surface area (Å²) in [6.07, 6.45) is 18.9. The molecule has 0 aromatic rings. The fourth-order valence-corrected chi connectivity index (χ4v) is 5.15. The number of amides is 3. The molecule has 15 nitrogen and oxygen atoms in total. The number of ketones is 1. The third-order valence-electron chi connectivity index (χ3n) is 8.50. The molecule has 15 heteroatoms. The summed E-state index contributed by atoms with van der Waals surface area (Å²) < 4.78 is 20.6. The Balaban J connectivity index is 0. The van der Waals surface area contributed by atoms with Crippen LogP contribution < -0.4 is 16.4 Å². The minimum Gasteiger partial charge on any atom is -0.481 e. The average molecular weight is 790 g/mol. The highest BCUT2D eigenvalue weighted by molar-refractivity contribution is 5.84. The number of nitrogens with one attached hydrogen (secondary N) is 2. The monoisotopic (exact) mass is 790 g/mol. The summed E-state index contributed by atoms with van der Waals surface area (Å²) in [4.78, 5) is 66.8. The largest absolute Gasteiger partial charge is 0.481 e. The zero-order valence-electron chi connectivity index (χ0n) is 34.2. The number of hydrogen-bond acceptors (Lipinski definition) is 10. The van der Waals surface area contributed by atoms with Crippen LogP contribution in [-0.4, -0.2) is 111 Å². The van der Waals surface area contributed by atoms with Crippen molar-refractivity contribution < 1.29 is 57.9 Å². The zero-order chi connectivity index (χ0) is 41.4. The van der Waals surface area contributed by atoms with Gasteiger partial charge in [0.25, 0.3) is 0 Å². The molecule has 0 heterocycles. The summed E-state index contributed by atoms with van der Waals surface area (Å²) in [5, 5.41) is 22.8. The van der Waals surface area contributed by atoms with Gasteiger partial charge in [-0.1, -0.05) is 104 Å². The lowest BCUT2D eigenvalue weighted by atomic mass is 10.0. The fraction of sp³-hybridized carbons (Fsp3) is 0.850. The van der Waals surface area contributed by atoms with E-state index in [0.717, 1.165) is 38.5 Å². The molecule has 0 spiro atoms. The van der Waals surface area contributed by atoms with Crippen molar-refractivity contribution in [3.05, 3.63) is 0 Å². The molecule has 55 heavy (non-hydrogen) atoms. The zero-order valence-corrected chi connectivity index (χ0v) is 34.2. The Labute approximate surface area is 329 Å². The number of unbranched alkanes of at least 4 members (excludes halogenated alkanes) is 15. The highest BCUT2D eigenvalue weighted by atomic mass is 16.5. The van der Waals surface area contributed by atoms with Crippen LogP contribution in [0, 0.1) is 5.92 Å². The second-order valence-electron chi connectivity index (χ2n) is 13.9. The molecule has 0 aliphatic heterocycles. The van der Waals surface area contributed by atoms with Crippen molar-refractivity contribution in [3.63, 3.8) is 0 Å². The summed E-state index contributed by atoms with van der Waals surface area (Å²) in [7, 11) is 0. The van der Waals surface area contributed by atoms with E-state index < -0.39 is 23.9 Å². The summed E-state index contributed by atoms with van der Waals surface area (Å²) in [6.45, 7) is 8.84. The van der Waals surface area contributed by atoms with Crippen LogP contribution in [0.25, 0.3) is 0 Å². The number of hydrogen-bond donors (Lipinski definition) is 5. The maximum atomic E-state index is 11.9. The van der Waals surface area contributed by atoms with Gasteiger partial charge in [0.1, 0.15) is 19.3 Å². The van der Waals surface area contributed by atoms with Gasteiger partial charge in [-0.05, 0) is 26.2 Å². The van der Waals surface area contributed by atoms with E-state index in [0.29, 0.717) is 59.0 Å². The minimum absolute atomic E-state index is 0.00751. The highest BCUT2D eigenvalue weighted by Crippen LogP contribution is 2.14. The Kier molecular flexibility index (Phi) is 39.8. The van der Waals surface area contributed by atoms with E-state index >= 15 is 0 Å². The van der Waals surface area contributed by atoms with Gasteiger partial charge in [-0.2, -0.15) is 0 Å². The van der Waals surface area contributed by atoms with Crippen molar-refractivity contribution in [1.29, 1.82) is 0 Å². The van der Waals surface area contributed by atoms with Crippen LogP contribution in [0.3, 0.4) is 0 Å². The summed E-state index contributed by atoms with van der Waals surface area (Å²) in [6, 6.07) is -1.06. The molecule has 0 saturated carbocycles. The Morgan fingerprint density at radius 2 is 1.02 bits per heavy atom. The maximum absolute atomic E-state index is 11.9. The van der Waals surface area contributed by atoms with Gasteiger partial charge in [-0.15, -0.1) is 0 Å². The summed E-state index contributed by atoms with van der Waals surface area (Å²) in [5.74, 6) is -2.81. The normalized spacial score (nSPS) is 11.4. The van der Waals surface area contributed by atoms with Crippen molar-refractivity contribution in [2.75, 3.05) is 59.4 Å². The van der Waals surface area contributed by atoms with Crippen molar-refractivity contribution >= 4 is 35.4 Å². The van der Waals surface area contributed by atoms with Gasteiger partial charge in [-0.25, -0.2) is 4.79 Å². The van der Waals surface area contributed by atoms with Crippen LogP contribution in [0.5, 0.6) is 0 Å². The lowest BCUT2D eigenvalue weighted by Gasteiger charge is -2.13. The Morgan fingerprint density at radius 3 is 1.47 bits per heavy atom. The van der Waals surface area contributed by atoms with E-state index in [4.69, 9.17) is 34.9 Å². The third-order valence-corrected chi connectivity index (χ3v) is 8.50. The number of Topliss-reactive ketones (excluding diaryl/α,β-unsaturated/α-hetero) is 1. The van der Waals surface area contributed by atoms with Crippen molar-refractivity contribution in [2.45, 2.75) is 155 Å². The molecule has 0 unspecified atom stereocenters. The number of aliphatic carboxylic acids is 2. The Bertz CT molecular complexity index is 996. The number of carbonyl (C=O) groups excluding carboxylic acids is 4. The third kappa shape index (κ3) is 43.5. The molecule has 0 aliphatic carbocycles. The van der Waals surface area contributed by atoms with E-state index in [1.807, 2.05) is 20.8 Å². The topological polar surface area (TPSA) is 230 Å². The van der Waals surface area contributed by atoms with Gasteiger partial charge < -0.3 is 45.5 Å². The Morgan fingerprint density at radius 1 is 0.564 bits per heavy atom. The molecule has 0 aliphatic rings. The van der Waals surface area contributed by atoms with Gasteiger partial charge >= 0.3 is 11.9 Å². The number of primary amides is 1. The van der Waals surface area contributed by atoms with E-state index in [1.54, 1.807) is 0 Å². The van der Waals surface area contributed by atoms with Crippen LogP contribution in [-0.2, 0) is 47.7 Å². The molecule has 3 amide bonds. The molecule has 0 fully saturated rings.